The lowest BCUT2D eigenvalue weighted by atomic mass is 10.1. The third-order valence-corrected chi connectivity index (χ3v) is 4.58. The van der Waals surface area contributed by atoms with Crippen molar-refractivity contribution in [2.75, 3.05) is 6.54 Å². The van der Waals surface area contributed by atoms with Crippen LogP contribution in [0.2, 0.25) is 0 Å². The third-order valence-electron chi connectivity index (χ3n) is 4.58. The number of aromatic nitrogens is 2. The van der Waals surface area contributed by atoms with Gasteiger partial charge in [-0.3, -0.25) is 4.79 Å². The second-order valence-corrected chi connectivity index (χ2v) is 6.63. The summed E-state index contributed by atoms with van der Waals surface area (Å²) < 4.78 is 0. The van der Waals surface area contributed by atoms with E-state index in [1.54, 1.807) is 0 Å². The first-order valence-electron chi connectivity index (χ1n) is 9.24. The Labute approximate surface area is 158 Å². The summed E-state index contributed by atoms with van der Waals surface area (Å²) in [7, 11) is 0. The lowest BCUT2D eigenvalue weighted by Gasteiger charge is -2.22. The van der Waals surface area contributed by atoms with Crippen LogP contribution in [0.1, 0.15) is 29.3 Å². The minimum Gasteiger partial charge on any atom is -0.334 e. The van der Waals surface area contributed by atoms with Crippen LogP contribution < -0.4 is 0 Å². The van der Waals surface area contributed by atoms with E-state index in [-0.39, 0.29) is 5.91 Å². The fourth-order valence-corrected chi connectivity index (χ4v) is 3.26. The van der Waals surface area contributed by atoms with Gasteiger partial charge < -0.3 is 4.90 Å². The van der Waals surface area contributed by atoms with E-state index in [0.717, 1.165) is 40.6 Å². The number of rotatable bonds is 5. The Morgan fingerprint density at radius 3 is 2.15 bits per heavy atom. The van der Waals surface area contributed by atoms with Crippen LogP contribution in [0.5, 0.6) is 0 Å². The van der Waals surface area contributed by atoms with E-state index in [0.29, 0.717) is 12.1 Å². The SMILES string of the molecule is CCCN(Cc1ccccc1)C(=O)c1ccc2nc3ccccc3nc2c1. The highest BCUT2D eigenvalue weighted by molar-refractivity contribution is 5.98. The first-order valence-corrected chi connectivity index (χ1v) is 9.24. The molecular formula is C23H21N3O. The standard InChI is InChI=1S/C23H21N3O/c1-2-14-26(16-17-8-4-3-5-9-17)23(27)18-12-13-21-22(15-18)25-20-11-7-6-10-19(20)24-21/h3-13,15H,2,14,16H2,1H3. The molecule has 27 heavy (non-hydrogen) atoms. The quantitative estimate of drug-likeness (QED) is 0.482. The Balaban J connectivity index is 1.68. The van der Waals surface area contributed by atoms with Crippen LogP contribution in [-0.2, 0) is 6.54 Å². The second-order valence-electron chi connectivity index (χ2n) is 6.63. The molecule has 1 aromatic heterocycles. The van der Waals surface area contributed by atoms with Crippen molar-refractivity contribution >= 4 is 28.0 Å². The van der Waals surface area contributed by atoms with E-state index in [9.17, 15) is 4.79 Å². The van der Waals surface area contributed by atoms with Gasteiger partial charge in [0.25, 0.3) is 5.91 Å². The lowest BCUT2D eigenvalue weighted by Crippen LogP contribution is -2.31. The van der Waals surface area contributed by atoms with Crippen molar-refractivity contribution in [3.8, 4) is 0 Å². The van der Waals surface area contributed by atoms with Crippen LogP contribution in [0.25, 0.3) is 22.1 Å². The van der Waals surface area contributed by atoms with Crippen molar-refractivity contribution in [1.82, 2.24) is 14.9 Å². The summed E-state index contributed by atoms with van der Waals surface area (Å²) in [6.45, 7) is 3.41. The number of carbonyl (C=O) groups is 1. The zero-order valence-electron chi connectivity index (χ0n) is 15.3. The molecule has 4 aromatic rings. The van der Waals surface area contributed by atoms with E-state index in [4.69, 9.17) is 0 Å². The number of para-hydroxylation sites is 2. The average Bonchev–Trinajstić information content (AvgIpc) is 2.71. The lowest BCUT2D eigenvalue weighted by molar-refractivity contribution is 0.0743. The Morgan fingerprint density at radius 2 is 1.44 bits per heavy atom. The van der Waals surface area contributed by atoms with Crippen LogP contribution in [0.4, 0.5) is 0 Å². The van der Waals surface area contributed by atoms with Crippen LogP contribution in [0.3, 0.4) is 0 Å². The molecule has 0 radical (unpaired) electrons. The average molecular weight is 355 g/mol. The summed E-state index contributed by atoms with van der Waals surface area (Å²) in [4.78, 5) is 24.3. The highest BCUT2D eigenvalue weighted by Gasteiger charge is 2.16. The number of amides is 1. The van der Waals surface area contributed by atoms with Gasteiger partial charge in [-0.15, -0.1) is 0 Å². The van der Waals surface area contributed by atoms with Crippen molar-refractivity contribution in [3.05, 3.63) is 83.9 Å². The molecule has 0 atom stereocenters. The Hall–Kier alpha value is -3.27. The third kappa shape index (κ3) is 3.65. The molecule has 0 saturated carbocycles. The van der Waals surface area contributed by atoms with E-state index in [2.05, 4.69) is 16.9 Å². The second kappa shape index (κ2) is 7.54. The van der Waals surface area contributed by atoms with Crippen molar-refractivity contribution in [2.45, 2.75) is 19.9 Å². The summed E-state index contributed by atoms with van der Waals surface area (Å²) in [6, 6.07) is 23.5. The van der Waals surface area contributed by atoms with Crippen molar-refractivity contribution in [3.63, 3.8) is 0 Å². The number of fused-ring (bicyclic) bond motifs is 2. The monoisotopic (exact) mass is 355 g/mol. The minimum absolute atomic E-state index is 0.0255. The molecule has 4 nitrogen and oxygen atoms in total. The van der Waals surface area contributed by atoms with Crippen molar-refractivity contribution < 1.29 is 4.79 Å². The highest BCUT2D eigenvalue weighted by atomic mass is 16.2. The molecule has 0 N–H and O–H groups in total. The van der Waals surface area contributed by atoms with Gasteiger partial charge in [0.05, 0.1) is 22.1 Å². The molecule has 0 aliphatic heterocycles. The Bertz CT molecular complexity index is 1090. The molecular weight excluding hydrogens is 334 g/mol. The van der Waals surface area contributed by atoms with Crippen LogP contribution in [-0.4, -0.2) is 27.3 Å². The zero-order chi connectivity index (χ0) is 18.6. The maximum Gasteiger partial charge on any atom is 0.254 e. The van der Waals surface area contributed by atoms with Gasteiger partial charge in [-0.05, 0) is 42.3 Å². The van der Waals surface area contributed by atoms with E-state index in [1.165, 1.54) is 0 Å². The number of carbonyl (C=O) groups excluding carboxylic acids is 1. The fourth-order valence-electron chi connectivity index (χ4n) is 3.26. The number of benzene rings is 3. The number of nitrogens with zero attached hydrogens (tertiary/aromatic N) is 3. The Morgan fingerprint density at radius 1 is 0.815 bits per heavy atom. The number of hydrogen-bond donors (Lipinski definition) is 0. The molecule has 1 heterocycles. The van der Waals surface area contributed by atoms with E-state index in [1.807, 2.05) is 77.7 Å². The number of hydrogen-bond acceptors (Lipinski definition) is 3. The summed E-state index contributed by atoms with van der Waals surface area (Å²) in [5, 5.41) is 0. The normalized spacial score (nSPS) is 11.0. The van der Waals surface area contributed by atoms with E-state index >= 15 is 0 Å². The van der Waals surface area contributed by atoms with Crippen LogP contribution >= 0.6 is 0 Å². The van der Waals surface area contributed by atoms with Gasteiger partial charge >= 0.3 is 0 Å². The molecule has 0 bridgehead atoms. The highest BCUT2D eigenvalue weighted by Crippen LogP contribution is 2.19. The summed E-state index contributed by atoms with van der Waals surface area (Å²) in [6.07, 6.45) is 0.913. The molecule has 3 aromatic carbocycles. The van der Waals surface area contributed by atoms with Crippen molar-refractivity contribution in [1.29, 1.82) is 0 Å². The van der Waals surface area contributed by atoms with E-state index < -0.39 is 0 Å². The smallest absolute Gasteiger partial charge is 0.254 e. The van der Waals surface area contributed by atoms with Gasteiger partial charge in [-0.25, -0.2) is 9.97 Å². The summed E-state index contributed by atoms with van der Waals surface area (Å²) >= 11 is 0. The minimum atomic E-state index is 0.0255. The molecule has 0 fully saturated rings. The Kier molecular flexibility index (Phi) is 4.79. The first-order chi connectivity index (χ1) is 13.2. The van der Waals surface area contributed by atoms with Gasteiger partial charge in [0.2, 0.25) is 0 Å². The molecule has 0 spiro atoms. The molecule has 4 heteroatoms. The largest absolute Gasteiger partial charge is 0.334 e. The predicted molar refractivity (Wildman–Crippen MR) is 109 cm³/mol. The van der Waals surface area contributed by atoms with Gasteiger partial charge in [0.15, 0.2) is 0 Å². The topological polar surface area (TPSA) is 46.1 Å². The fraction of sp³-hybridized carbons (Fsp3) is 0.174. The van der Waals surface area contributed by atoms with Gasteiger partial charge in [-0.1, -0.05) is 49.4 Å². The summed E-state index contributed by atoms with van der Waals surface area (Å²) in [5.41, 5.74) is 5.03. The first kappa shape index (κ1) is 17.2. The van der Waals surface area contributed by atoms with Gasteiger partial charge in [0, 0.05) is 18.7 Å². The molecule has 4 rings (SSSR count). The molecule has 0 aliphatic carbocycles. The molecule has 0 unspecified atom stereocenters. The maximum atomic E-state index is 13.1. The molecule has 1 amide bonds. The zero-order valence-corrected chi connectivity index (χ0v) is 15.3. The summed E-state index contributed by atoms with van der Waals surface area (Å²) in [5.74, 6) is 0.0255. The van der Waals surface area contributed by atoms with Crippen LogP contribution in [0.15, 0.2) is 72.8 Å². The molecule has 134 valence electrons. The molecule has 0 saturated heterocycles. The predicted octanol–water partition coefficient (Wildman–Crippen LogP) is 4.84. The van der Waals surface area contributed by atoms with Gasteiger partial charge in [-0.2, -0.15) is 0 Å². The van der Waals surface area contributed by atoms with Gasteiger partial charge in [0.1, 0.15) is 0 Å². The van der Waals surface area contributed by atoms with Crippen molar-refractivity contribution in [2.24, 2.45) is 0 Å². The maximum absolute atomic E-state index is 13.1. The molecule has 0 aliphatic rings. The van der Waals surface area contributed by atoms with Crippen LogP contribution in [0, 0.1) is 0 Å².